The van der Waals surface area contributed by atoms with Gasteiger partial charge in [-0.3, -0.25) is 0 Å². The van der Waals surface area contributed by atoms with E-state index in [1.165, 1.54) is 22.3 Å². The molecule has 0 aliphatic carbocycles. The molecule has 4 rings (SSSR count). The Morgan fingerprint density at radius 3 is 1.65 bits per heavy atom. The average molecular weight is 527 g/mol. The van der Waals surface area contributed by atoms with E-state index in [1.54, 1.807) is 0 Å². The van der Waals surface area contributed by atoms with Crippen molar-refractivity contribution < 1.29 is 0 Å². The van der Waals surface area contributed by atoms with Crippen LogP contribution in [-0.2, 0) is 12.8 Å². The van der Waals surface area contributed by atoms with Crippen molar-refractivity contribution >= 4 is 28.4 Å². The highest BCUT2D eigenvalue weighted by molar-refractivity contribution is 5.80. The maximum atomic E-state index is 3.91. The summed E-state index contributed by atoms with van der Waals surface area (Å²) < 4.78 is 0. The van der Waals surface area contributed by atoms with Crippen molar-refractivity contribution in [3.8, 4) is 0 Å². The largest absolute Gasteiger partial charge is 0.314 e. The lowest BCUT2D eigenvalue weighted by molar-refractivity contribution is 1.11. The molecule has 0 saturated carbocycles. The van der Waals surface area contributed by atoms with Crippen molar-refractivity contribution in [1.29, 1.82) is 0 Å². The molecule has 0 aliphatic rings. The van der Waals surface area contributed by atoms with E-state index in [9.17, 15) is 0 Å². The molecule has 0 heterocycles. The van der Waals surface area contributed by atoms with Crippen LogP contribution in [0.4, 0.5) is 28.4 Å². The smallest absolute Gasteiger partial charge is 0.0488 e. The van der Waals surface area contributed by atoms with E-state index < -0.39 is 0 Å². The Labute approximate surface area is 241 Å². The Morgan fingerprint density at radius 2 is 1.15 bits per heavy atom. The van der Waals surface area contributed by atoms with E-state index in [0.717, 1.165) is 52.5 Å². The minimum atomic E-state index is 1.03. The number of rotatable bonds is 10. The van der Waals surface area contributed by atoms with E-state index in [-0.39, 0.29) is 0 Å². The maximum absolute atomic E-state index is 3.91. The third kappa shape index (κ3) is 6.63. The van der Waals surface area contributed by atoms with Gasteiger partial charge in [0.2, 0.25) is 0 Å². The van der Waals surface area contributed by atoms with Crippen LogP contribution in [0.5, 0.6) is 0 Å². The first-order valence-corrected chi connectivity index (χ1v) is 14.3. The van der Waals surface area contributed by atoms with E-state index in [2.05, 4.69) is 161 Å². The molecular formula is C38H42N2. The highest BCUT2D eigenvalue weighted by Crippen LogP contribution is 2.39. The van der Waals surface area contributed by atoms with Crippen LogP contribution in [0.15, 0.2) is 127 Å². The molecule has 0 N–H and O–H groups in total. The highest BCUT2D eigenvalue weighted by atomic mass is 15.2. The number of anilines is 5. The fourth-order valence-corrected chi connectivity index (χ4v) is 4.86. The molecule has 0 radical (unpaired) electrons. The summed E-state index contributed by atoms with van der Waals surface area (Å²) in [5.74, 6) is 0. The van der Waals surface area contributed by atoms with Crippen LogP contribution in [0.25, 0.3) is 0 Å². The molecule has 0 aliphatic heterocycles. The predicted octanol–water partition coefficient (Wildman–Crippen LogP) is 11.1. The summed E-state index contributed by atoms with van der Waals surface area (Å²) >= 11 is 0. The maximum Gasteiger partial charge on any atom is 0.0488 e. The SMILES string of the molecule is C=C/C(C)=C\C=C(/C)N(c1ccc(CC)cc1)c1ccc(N(c2ccc(C)cc2)c2ccc(CC)cc2)cc1C. The summed E-state index contributed by atoms with van der Waals surface area (Å²) in [7, 11) is 0. The van der Waals surface area contributed by atoms with Crippen LogP contribution < -0.4 is 9.80 Å². The van der Waals surface area contributed by atoms with Gasteiger partial charge in [0.15, 0.2) is 0 Å². The summed E-state index contributed by atoms with van der Waals surface area (Å²) in [5, 5.41) is 0. The molecule has 0 aromatic heterocycles. The lowest BCUT2D eigenvalue weighted by Gasteiger charge is -2.30. The molecule has 0 spiro atoms. The molecule has 4 aromatic rings. The second-order valence-electron chi connectivity index (χ2n) is 10.4. The van der Waals surface area contributed by atoms with Gasteiger partial charge in [-0.1, -0.05) is 80.1 Å². The topological polar surface area (TPSA) is 6.48 Å². The molecule has 2 nitrogen and oxygen atoms in total. The molecule has 204 valence electrons. The van der Waals surface area contributed by atoms with Gasteiger partial charge in [0, 0.05) is 34.1 Å². The Hall–Kier alpha value is -4.30. The molecule has 4 aromatic carbocycles. The van der Waals surface area contributed by atoms with Crippen LogP contribution in [0.1, 0.15) is 49.9 Å². The number of hydrogen-bond acceptors (Lipinski definition) is 2. The average Bonchev–Trinajstić information content (AvgIpc) is 2.98. The van der Waals surface area contributed by atoms with Gasteiger partial charge in [0.1, 0.15) is 0 Å². The number of nitrogens with zero attached hydrogens (tertiary/aromatic N) is 2. The van der Waals surface area contributed by atoms with Crippen LogP contribution in [0.2, 0.25) is 0 Å². The Balaban J connectivity index is 1.82. The summed E-state index contributed by atoms with van der Waals surface area (Å²) in [6, 6.07) is 33.4. The first-order valence-electron chi connectivity index (χ1n) is 14.3. The first-order chi connectivity index (χ1) is 19.3. The monoisotopic (exact) mass is 526 g/mol. The first kappa shape index (κ1) is 28.7. The molecule has 0 saturated heterocycles. The normalized spacial score (nSPS) is 11.8. The zero-order chi connectivity index (χ0) is 28.6. The van der Waals surface area contributed by atoms with Gasteiger partial charge < -0.3 is 9.80 Å². The Kier molecular flexibility index (Phi) is 9.45. The molecule has 0 bridgehead atoms. The number of hydrogen-bond donors (Lipinski definition) is 0. The second-order valence-corrected chi connectivity index (χ2v) is 10.4. The molecule has 2 heteroatoms. The minimum absolute atomic E-state index is 1.03. The number of allylic oxidation sites excluding steroid dienone is 5. The van der Waals surface area contributed by atoms with Crippen molar-refractivity contribution in [3.05, 3.63) is 149 Å². The molecule has 40 heavy (non-hydrogen) atoms. The minimum Gasteiger partial charge on any atom is -0.314 e. The zero-order valence-electron chi connectivity index (χ0n) is 24.9. The quantitative estimate of drug-likeness (QED) is 0.190. The number of aryl methyl sites for hydroxylation is 4. The van der Waals surface area contributed by atoms with Crippen molar-refractivity contribution in [1.82, 2.24) is 0 Å². The molecular weight excluding hydrogens is 484 g/mol. The van der Waals surface area contributed by atoms with Crippen LogP contribution in [-0.4, -0.2) is 0 Å². The van der Waals surface area contributed by atoms with Gasteiger partial charge >= 0.3 is 0 Å². The van der Waals surface area contributed by atoms with Crippen molar-refractivity contribution in [2.75, 3.05) is 9.80 Å². The summed E-state index contributed by atoms with van der Waals surface area (Å²) in [5.41, 5.74) is 13.2. The zero-order valence-corrected chi connectivity index (χ0v) is 24.9. The highest BCUT2D eigenvalue weighted by Gasteiger charge is 2.18. The number of benzene rings is 4. The van der Waals surface area contributed by atoms with Crippen molar-refractivity contribution in [2.24, 2.45) is 0 Å². The Bertz CT molecular complexity index is 1490. The van der Waals surface area contributed by atoms with Gasteiger partial charge in [-0.05, 0) is 118 Å². The third-order valence-electron chi connectivity index (χ3n) is 7.44. The van der Waals surface area contributed by atoms with Gasteiger partial charge in [0.05, 0.1) is 0 Å². The van der Waals surface area contributed by atoms with Crippen molar-refractivity contribution in [2.45, 2.75) is 54.4 Å². The van der Waals surface area contributed by atoms with E-state index in [1.807, 2.05) is 6.08 Å². The summed E-state index contributed by atoms with van der Waals surface area (Å²) in [6.45, 7) is 16.9. The molecule has 0 amide bonds. The predicted molar refractivity (Wildman–Crippen MR) is 176 cm³/mol. The molecule has 0 unspecified atom stereocenters. The fraction of sp³-hybridized carbons (Fsp3) is 0.211. The van der Waals surface area contributed by atoms with Crippen molar-refractivity contribution in [3.63, 3.8) is 0 Å². The van der Waals surface area contributed by atoms with Gasteiger partial charge in [0.25, 0.3) is 0 Å². The van der Waals surface area contributed by atoms with Gasteiger partial charge in [-0.25, -0.2) is 0 Å². The summed E-state index contributed by atoms with van der Waals surface area (Å²) in [4.78, 5) is 4.69. The lowest BCUT2D eigenvalue weighted by Crippen LogP contribution is -2.16. The standard InChI is InChI=1S/C38H42N2/c1-8-28(4)11-14-31(7)39(34-21-15-32(9-2)16-22-34)38-26-25-37(27-30(38)6)40(35-19-12-29(5)13-20-35)36-23-17-33(10-3)18-24-36/h8,11-27H,1,9-10H2,2-7H3/b28-11-,31-14+. The van der Waals surface area contributed by atoms with Gasteiger partial charge in [-0.15, -0.1) is 0 Å². The molecule has 0 fully saturated rings. The van der Waals surface area contributed by atoms with Crippen LogP contribution in [0.3, 0.4) is 0 Å². The van der Waals surface area contributed by atoms with Gasteiger partial charge in [-0.2, -0.15) is 0 Å². The van der Waals surface area contributed by atoms with E-state index in [0.29, 0.717) is 0 Å². The third-order valence-corrected chi connectivity index (χ3v) is 7.44. The van der Waals surface area contributed by atoms with E-state index >= 15 is 0 Å². The lowest BCUT2D eigenvalue weighted by atomic mass is 10.1. The molecule has 0 atom stereocenters. The summed E-state index contributed by atoms with van der Waals surface area (Å²) in [6.07, 6.45) is 8.24. The van der Waals surface area contributed by atoms with Crippen LogP contribution in [0, 0.1) is 13.8 Å². The second kappa shape index (κ2) is 13.2. The Morgan fingerprint density at radius 1 is 0.650 bits per heavy atom. The fourth-order valence-electron chi connectivity index (χ4n) is 4.86. The van der Waals surface area contributed by atoms with Crippen LogP contribution >= 0.6 is 0 Å². The van der Waals surface area contributed by atoms with E-state index in [4.69, 9.17) is 0 Å².